The lowest BCUT2D eigenvalue weighted by Gasteiger charge is -2.25. The van der Waals surface area contributed by atoms with E-state index in [0.717, 1.165) is 48.3 Å². The van der Waals surface area contributed by atoms with Crippen LogP contribution in [0.1, 0.15) is 43.5 Å². The standard InChI is InChI=1S/C36H38Cl2N6O4/c1-47-35-27(11-3-6-21-12-13-32(46)41-21)39-15-28(42-35)24-9-4-7-22(33(24)37)23-8-5-10-25(34(23)38)29-16-40-30(36(43-29)48-2)18-44-17-20-14-26(20)31(44)19-45/h4-5,7-10,15-16,20-21,26,31,45H,3,6,11-14,17-19H2,1-2H3,(H,41,46)/t20-,21-,26-,31-/m1/s1. The van der Waals surface area contributed by atoms with Crippen molar-refractivity contribution in [3.63, 3.8) is 0 Å². The monoisotopic (exact) mass is 688 g/mol. The van der Waals surface area contributed by atoms with Crippen LogP contribution in [0.15, 0.2) is 48.8 Å². The predicted octanol–water partition coefficient (Wildman–Crippen LogP) is 6.01. The zero-order valence-corrected chi connectivity index (χ0v) is 28.5. The number of halogens is 2. The highest BCUT2D eigenvalue weighted by atomic mass is 35.5. The van der Waals surface area contributed by atoms with E-state index in [0.29, 0.717) is 75.5 Å². The molecule has 10 nitrogen and oxygen atoms in total. The van der Waals surface area contributed by atoms with Gasteiger partial charge >= 0.3 is 0 Å². The lowest BCUT2D eigenvalue weighted by Crippen LogP contribution is -2.35. The van der Waals surface area contributed by atoms with Crippen LogP contribution >= 0.6 is 23.2 Å². The highest BCUT2D eigenvalue weighted by Gasteiger charge is 2.52. The molecule has 4 aromatic rings. The number of carbonyl (C=O) groups is 1. The topological polar surface area (TPSA) is 123 Å². The molecule has 0 radical (unpaired) electrons. The van der Waals surface area contributed by atoms with Gasteiger partial charge in [-0.1, -0.05) is 59.6 Å². The first kappa shape index (κ1) is 32.7. The summed E-state index contributed by atoms with van der Waals surface area (Å²) in [4.78, 5) is 32.8. The number of fused-ring (bicyclic) bond motifs is 1. The first-order valence-corrected chi connectivity index (χ1v) is 17.2. The number of hydrogen-bond acceptors (Lipinski definition) is 9. The van der Waals surface area contributed by atoms with Crippen LogP contribution in [-0.2, 0) is 17.8 Å². The van der Waals surface area contributed by atoms with Gasteiger partial charge in [-0.3, -0.25) is 19.7 Å². The molecule has 1 amide bonds. The number of aromatic nitrogens is 4. The third-order valence-electron chi connectivity index (χ3n) is 9.85. The van der Waals surface area contributed by atoms with Gasteiger partial charge in [-0.2, -0.15) is 0 Å². The molecule has 1 aliphatic carbocycles. The number of rotatable bonds is 12. The Kier molecular flexibility index (Phi) is 9.51. The molecule has 250 valence electrons. The first-order valence-electron chi connectivity index (χ1n) is 16.4. The van der Waals surface area contributed by atoms with Gasteiger partial charge in [0.25, 0.3) is 0 Å². The molecule has 2 aromatic carbocycles. The minimum atomic E-state index is 0.124. The van der Waals surface area contributed by atoms with E-state index in [1.54, 1.807) is 26.6 Å². The van der Waals surface area contributed by atoms with E-state index in [9.17, 15) is 9.90 Å². The van der Waals surface area contributed by atoms with Crippen molar-refractivity contribution >= 4 is 29.1 Å². The fraction of sp³-hybridized carbons (Fsp3) is 0.417. The highest BCUT2D eigenvalue weighted by Crippen LogP contribution is 2.50. The number of aryl methyl sites for hydroxylation is 1. The van der Waals surface area contributed by atoms with Crippen molar-refractivity contribution in [3.8, 4) is 45.4 Å². The predicted molar refractivity (Wildman–Crippen MR) is 184 cm³/mol. The molecular weight excluding hydrogens is 651 g/mol. The largest absolute Gasteiger partial charge is 0.480 e. The highest BCUT2D eigenvalue weighted by molar-refractivity contribution is 6.39. The summed E-state index contributed by atoms with van der Waals surface area (Å²) in [6, 6.07) is 11.9. The van der Waals surface area contributed by atoms with Crippen LogP contribution in [0.4, 0.5) is 0 Å². The van der Waals surface area contributed by atoms with E-state index in [1.165, 1.54) is 6.42 Å². The van der Waals surface area contributed by atoms with Crippen molar-refractivity contribution in [1.29, 1.82) is 0 Å². The quantitative estimate of drug-likeness (QED) is 0.184. The van der Waals surface area contributed by atoms with Gasteiger partial charge in [-0.15, -0.1) is 0 Å². The number of benzene rings is 2. The van der Waals surface area contributed by atoms with E-state index >= 15 is 0 Å². The van der Waals surface area contributed by atoms with Gasteiger partial charge in [-0.05, 0) is 43.9 Å². The third-order valence-corrected chi connectivity index (χ3v) is 10.7. The van der Waals surface area contributed by atoms with E-state index < -0.39 is 0 Å². The maximum atomic E-state index is 11.5. The molecule has 4 heterocycles. The van der Waals surface area contributed by atoms with Crippen LogP contribution in [0.3, 0.4) is 0 Å². The van der Waals surface area contributed by atoms with Gasteiger partial charge in [-0.25, -0.2) is 9.97 Å². The number of methoxy groups -OCH3 is 2. The zero-order valence-electron chi connectivity index (χ0n) is 27.0. The Hall–Kier alpha value is -3.83. The number of amides is 1. The first-order chi connectivity index (χ1) is 23.4. The third kappa shape index (κ3) is 6.46. The van der Waals surface area contributed by atoms with Crippen molar-refractivity contribution in [3.05, 3.63) is 70.2 Å². The minimum Gasteiger partial charge on any atom is -0.480 e. The summed E-state index contributed by atoms with van der Waals surface area (Å²) in [5.41, 5.74) is 5.55. The molecule has 3 fully saturated rings. The van der Waals surface area contributed by atoms with Crippen molar-refractivity contribution < 1.29 is 19.4 Å². The Bertz CT molecular complexity index is 1840. The van der Waals surface area contributed by atoms with E-state index in [1.807, 2.05) is 36.4 Å². The number of ether oxygens (including phenoxy) is 2. The van der Waals surface area contributed by atoms with Gasteiger partial charge in [0, 0.05) is 53.8 Å². The number of nitrogens with zero attached hydrogens (tertiary/aromatic N) is 5. The molecule has 48 heavy (non-hydrogen) atoms. The Morgan fingerprint density at radius 2 is 1.52 bits per heavy atom. The number of nitrogens with one attached hydrogen (secondary N) is 1. The maximum Gasteiger partial charge on any atom is 0.237 e. The Morgan fingerprint density at radius 1 is 0.917 bits per heavy atom. The molecule has 2 aliphatic heterocycles. The molecule has 1 saturated carbocycles. The second-order valence-corrected chi connectivity index (χ2v) is 13.5. The van der Waals surface area contributed by atoms with E-state index in [4.69, 9.17) is 47.6 Å². The molecule has 2 saturated heterocycles. The normalized spacial score (nSPS) is 21.6. The van der Waals surface area contributed by atoms with Crippen molar-refractivity contribution in [2.75, 3.05) is 27.4 Å². The van der Waals surface area contributed by atoms with Crippen LogP contribution in [0.25, 0.3) is 33.6 Å². The smallest absolute Gasteiger partial charge is 0.237 e. The summed E-state index contributed by atoms with van der Waals surface area (Å²) in [6.07, 6.45) is 8.55. The van der Waals surface area contributed by atoms with Crippen molar-refractivity contribution in [1.82, 2.24) is 30.2 Å². The fourth-order valence-electron chi connectivity index (χ4n) is 7.23. The van der Waals surface area contributed by atoms with Crippen LogP contribution in [0.2, 0.25) is 10.0 Å². The minimum absolute atomic E-state index is 0.124. The van der Waals surface area contributed by atoms with Gasteiger partial charge in [0.15, 0.2) is 0 Å². The number of hydrogen-bond donors (Lipinski definition) is 2. The Balaban J connectivity index is 1.12. The Morgan fingerprint density at radius 3 is 2.10 bits per heavy atom. The van der Waals surface area contributed by atoms with Crippen LogP contribution in [0, 0.1) is 11.8 Å². The van der Waals surface area contributed by atoms with Crippen molar-refractivity contribution in [2.45, 2.75) is 57.2 Å². The molecule has 0 bridgehead atoms. The summed E-state index contributed by atoms with van der Waals surface area (Å²) in [7, 11) is 3.18. The van der Waals surface area contributed by atoms with Gasteiger partial charge in [0.2, 0.25) is 17.7 Å². The Labute approximate surface area is 289 Å². The molecular formula is C36H38Cl2N6O4. The summed E-state index contributed by atoms with van der Waals surface area (Å²) in [6.45, 7) is 1.68. The molecule has 4 atom stereocenters. The number of piperidine rings is 1. The SMILES string of the molecule is COc1nc(-c2cccc(-c3cccc(-c4cnc(CN5C[C@H]6C[C@H]6[C@H]5CO)c(OC)n4)c3Cl)c2Cl)cnc1CCC[C@@H]1CCC(=O)N1. The summed E-state index contributed by atoms with van der Waals surface area (Å²) in [5.74, 6) is 2.27. The van der Waals surface area contributed by atoms with E-state index in [2.05, 4.69) is 15.2 Å². The average molecular weight is 690 g/mol. The zero-order chi connectivity index (χ0) is 33.4. The second kappa shape index (κ2) is 14.0. The van der Waals surface area contributed by atoms with Crippen LogP contribution in [-0.4, -0.2) is 75.3 Å². The number of likely N-dealkylation sites (tertiary alicyclic amines) is 1. The second-order valence-electron chi connectivity index (χ2n) is 12.8. The molecule has 0 spiro atoms. The van der Waals surface area contributed by atoms with Crippen molar-refractivity contribution in [2.24, 2.45) is 11.8 Å². The fourth-order valence-corrected chi connectivity index (χ4v) is 7.88. The summed E-state index contributed by atoms with van der Waals surface area (Å²) >= 11 is 14.1. The van der Waals surface area contributed by atoms with Gasteiger partial charge in [0.05, 0.1) is 54.7 Å². The van der Waals surface area contributed by atoms with E-state index in [-0.39, 0.29) is 24.6 Å². The molecule has 7 rings (SSSR count). The summed E-state index contributed by atoms with van der Waals surface area (Å²) in [5, 5.41) is 13.9. The number of aliphatic hydroxyl groups excluding tert-OH is 1. The molecule has 2 aromatic heterocycles. The number of aliphatic hydroxyl groups is 1. The maximum absolute atomic E-state index is 11.5. The summed E-state index contributed by atoms with van der Waals surface area (Å²) < 4.78 is 11.3. The number of carbonyl (C=O) groups excluding carboxylic acids is 1. The average Bonchev–Trinajstić information content (AvgIpc) is 3.59. The van der Waals surface area contributed by atoms with Gasteiger partial charge in [0.1, 0.15) is 11.4 Å². The van der Waals surface area contributed by atoms with Gasteiger partial charge < -0.3 is 19.9 Å². The molecule has 0 unspecified atom stereocenters. The lowest BCUT2D eigenvalue weighted by molar-refractivity contribution is -0.119. The van der Waals surface area contributed by atoms with Crippen LogP contribution < -0.4 is 14.8 Å². The lowest BCUT2D eigenvalue weighted by atomic mass is 9.98. The van der Waals surface area contributed by atoms with Crippen LogP contribution in [0.5, 0.6) is 11.8 Å². The molecule has 3 aliphatic rings. The molecule has 2 N–H and O–H groups in total. The molecule has 12 heteroatoms.